The second kappa shape index (κ2) is 17.2. The van der Waals surface area contributed by atoms with Gasteiger partial charge >= 0.3 is 0 Å². The maximum Gasteiger partial charge on any atom is 0.164 e. The Bertz CT molecular complexity index is 3660. The van der Waals surface area contributed by atoms with Gasteiger partial charge in [-0.3, -0.25) is 0 Å². The lowest BCUT2D eigenvalue weighted by Gasteiger charge is -2.20. The Labute approximate surface area is 389 Å². The number of hydrogen-bond acceptors (Lipinski definition) is 3. The van der Waals surface area contributed by atoms with Gasteiger partial charge in [0.05, 0.1) is 11.0 Å². The molecule has 0 saturated heterocycles. The van der Waals surface area contributed by atoms with E-state index in [-0.39, 0.29) is 0 Å². The van der Waals surface area contributed by atoms with Crippen LogP contribution in [0.4, 0.5) is 0 Å². The molecule has 67 heavy (non-hydrogen) atoms. The van der Waals surface area contributed by atoms with Gasteiger partial charge in [-0.15, -0.1) is 0 Å². The zero-order valence-electron chi connectivity index (χ0n) is 36.5. The van der Waals surface area contributed by atoms with Crippen molar-refractivity contribution in [2.24, 2.45) is 0 Å². The molecule has 0 unspecified atom stereocenters. The minimum Gasteiger partial charge on any atom is -0.309 e. The Hall–Kier alpha value is -8.99. The highest BCUT2D eigenvalue weighted by molar-refractivity contribution is 6.11. The van der Waals surface area contributed by atoms with E-state index in [2.05, 4.69) is 199 Å². The van der Waals surface area contributed by atoms with Gasteiger partial charge in [-0.05, 0) is 110 Å². The first-order chi connectivity index (χ1) is 33.2. The van der Waals surface area contributed by atoms with Gasteiger partial charge in [0.2, 0.25) is 0 Å². The lowest BCUT2D eigenvalue weighted by atomic mass is 9.84. The molecule has 0 atom stereocenters. The summed E-state index contributed by atoms with van der Waals surface area (Å²) >= 11 is 0. The standard InChI is InChI=1S/C63H42N4/c1-6-20-43(21-7-1)52-41-55(60(44-22-8-2-9-23-44)56(42-52)50-36-37-59-57(40-50)54-34-16-17-35-58(54)67(59)53-32-14-5-15-33-53)49-30-18-28-47(38-49)48-29-19-31-51(39-48)63-65-61(45-24-10-3-11-25-45)64-62(66-63)46-26-12-4-13-27-46/h1-42H. The van der Waals surface area contributed by atoms with Crippen LogP contribution in [0, 0.1) is 0 Å². The van der Waals surface area contributed by atoms with E-state index in [1.54, 1.807) is 0 Å². The van der Waals surface area contributed by atoms with Gasteiger partial charge in [0.15, 0.2) is 17.5 Å². The summed E-state index contributed by atoms with van der Waals surface area (Å²) in [5.41, 5.74) is 17.8. The first-order valence-corrected chi connectivity index (χ1v) is 22.7. The lowest BCUT2D eigenvalue weighted by Crippen LogP contribution is -2.00. The van der Waals surface area contributed by atoms with Crippen LogP contribution < -0.4 is 0 Å². The van der Waals surface area contributed by atoms with Crippen molar-refractivity contribution >= 4 is 21.8 Å². The Kier molecular flexibility index (Phi) is 10.2. The Morgan fingerprint density at radius 1 is 0.239 bits per heavy atom. The van der Waals surface area contributed by atoms with Crippen LogP contribution in [0.3, 0.4) is 0 Å². The van der Waals surface area contributed by atoms with Gasteiger partial charge < -0.3 is 4.57 Å². The van der Waals surface area contributed by atoms with Gasteiger partial charge in [0.1, 0.15) is 0 Å². The average molecular weight is 855 g/mol. The fourth-order valence-corrected chi connectivity index (χ4v) is 9.45. The molecule has 0 bridgehead atoms. The Morgan fingerprint density at radius 3 is 1.25 bits per heavy atom. The van der Waals surface area contributed by atoms with Crippen LogP contribution >= 0.6 is 0 Å². The van der Waals surface area contributed by atoms with Crippen LogP contribution in [-0.2, 0) is 0 Å². The quantitative estimate of drug-likeness (QED) is 0.145. The van der Waals surface area contributed by atoms with Gasteiger partial charge in [0.25, 0.3) is 0 Å². The molecule has 2 heterocycles. The minimum atomic E-state index is 0.626. The Balaban J connectivity index is 1.03. The largest absolute Gasteiger partial charge is 0.309 e. The molecule has 2 aromatic heterocycles. The van der Waals surface area contributed by atoms with Crippen molar-refractivity contribution in [1.29, 1.82) is 0 Å². The molecule has 4 heteroatoms. The number of fused-ring (bicyclic) bond motifs is 3. The Morgan fingerprint density at radius 2 is 0.657 bits per heavy atom. The van der Waals surface area contributed by atoms with Crippen LogP contribution in [0.2, 0.25) is 0 Å². The number of para-hydroxylation sites is 2. The third-order valence-electron chi connectivity index (χ3n) is 12.6. The van der Waals surface area contributed by atoms with Crippen LogP contribution in [-0.4, -0.2) is 19.5 Å². The van der Waals surface area contributed by atoms with Crippen LogP contribution in [0.15, 0.2) is 255 Å². The van der Waals surface area contributed by atoms with Crippen molar-refractivity contribution in [3.63, 3.8) is 0 Å². The number of benzene rings is 10. The first kappa shape index (κ1) is 39.6. The summed E-state index contributed by atoms with van der Waals surface area (Å²) in [6.45, 7) is 0. The molecule has 12 rings (SSSR count). The maximum atomic E-state index is 5.05. The van der Waals surface area contributed by atoms with E-state index >= 15 is 0 Å². The monoisotopic (exact) mass is 854 g/mol. The van der Waals surface area contributed by atoms with Crippen molar-refractivity contribution < 1.29 is 0 Å². The summed E-state index contributed by atoms with van der Waals surface area (Å²) in [6, 6.07) is 90.5. The molecule has 12 aromatic rings. The van der Waals surface area contributed by atoms with Crippen molar-refractivity contribution in [2.75, 3.05) is 0 Å². The third-order valence-corrected chi connectivity index (χ3v) is 12.6. The number of hydrogen-bond donors (Lipinski definition) is 0. The number of nitrogens with zero attached hydrogens (tertiary/aromatic N) is 4. The van der Waals surface area contributed by atoms with Crippen LogP contribution in [0.1, 0.15) is 0 Å². The molecule has 0 radical (unpaired) electrons. The third kappa shape index (κ3) is 7.57. The number of aromatic nitrogens is 4. The normalized spacial score (nSPS) is 11.3. The molecule has 0 aliphatic rings. The number of rotatable bonds is 9. The molecule has 0 saturated carbocycles. The van der Waals surface area contributed by atoms with Gasteiger partial charge in [-0.1, -0.05) is 200 Å². The minimum absolute atomic E-state index is 0.626. The van der Waals surface area contributed by atoms with Gasteiger partial charge in [-0.2, -0.15) is 0 Å². The van der Waals surface area contributed by atoms with E-state index < -0.39 is 0 Å². The highest BCUT2D eigenvalue weighted by atomic mass is 15.0. The van der Waals surface area contributed by atoms with Crippen molar-refractivity contribution in [3.8, 4) is 95.5 Å². The molecule has 314 valence electrons. The SMILES string of the molecule is c1ccc(-c2cc(-c3cccc(-c4cccc(-c5nc(-c6ccccc6)nc(-c6ccccc6)n5)c4)c3)c(-c3ccccc3)c(-c3ccc4c(c3)c3ccccc3n4-c3ccccc3)c2)cc1. The van der Waals surface area contributed by atoms with E-state index in [0.717, 1.165) is 66.9 Å². The molecule has 0 aliphatic heterocycles. The summed E-state index contributed by atoms with van der Waals surface area (Å²) in [4.78, 5) is 15.0. The highest BCUT2D eigenvalue weighted by Crippen LogP contribution is 2.45. The predicted octanol–water partition coefficient (Wildman–Crippen LogP) is 16.3. The van der Waals surface area contributed by atoms with Crippen molar-refractivity contribution in [3.05, 3.63) is 255 Å². The molecule has 0 amide bonds. The lowest BCUT2D eigenvalue weighted by molar-refractivity contribution is 1.07. The summed E-state index contributed by atoms with van der Waals surface area (Å²) < 4.78 is 2.38. The van der Waals surface area contributed by atoms with Gasteiger partial charge in [0, 0.05) is 33.2 Å². The second-order valence-corrected chi connectivity index (χ2v) is 16.8. The predicted molar refractivity (Wildman–Crippen MR) is 278 cm³/mol. The van der Waals surface area contributed by atoms with Crippen molar-refractivity contribution in [2.45, 2.75) is 0 Å². The molecule has 0 fully saturated rings. The maximum absolute atomic E-state index is 5.05. The molecule has 0 spiro atoms. The first-order valence-electron chi connectivity index (χ1n) is 22.7. The molecule has 0 aliphatic carbocycles. The van der Waals surface area contributed by atoms with E-state index in [4.69, 9.17) is 15.0 Å². The van der Waals surface area contributed by atoms with Crippen LogP contribution in [0.25, 0.3) is 117 Å². The fraction of sp³-hybridized carbons (Fsp3) is 0. The molecular formula is C63H42N4. The fourth-order valence-electron chi connectivity index (χ4n) is 9.45. The average Bonchev–Trinajstić information content (AvgIpc) is 3.75. The smallest absolute Gasteiger partial charge is 0.164 e. The van der Waals surface area contributed by atoms with E-state index in [0.29, 0.717) is 17.5 Å². The van der Waals surface area contributed by atoms with Crippen LogP contribution in [0.5, 0.6) is 0 Å². The molecular weight excluding hydrogens is 813 g/mol. The molecule has 0 N–H and O–H groups in total. The summed E-state index contributed by atoms with van der Waals surface area (Å²) in [6.07, 6.45) is 0. The molecule has 10 aromatic carbocycles. The summed E-state index contributed by atoms with van der Waals surface area (Å²) in [7, 11) is 0. The van der Waals surface area contributed by atoms with Gasteiger partial charge in [-0.25, -0.2) is 15.0 Å². The van der Waals surface area contributed by atoms with E-state index in [9.17, 15) is 0 Å². The highest BCUT2D eigenvalue weighted by Gasteiger charge is 2.20. The summed E-state index contributed by atoms with van der Waals surface area (Å²) in [5.74, 6) is 1.90. The topological polar surface area (TPSA) is 43.6 Å². The zero-order chi connectivity index (χ0) is 44.5. The van der Waals surface area contributed by atoms with E-state index in [1.165, 1.54) is 32.9 Å². The zero-order valence-corrected chi connectivity index (χ0v) is 36.5. The second-order valence-electron chi connectivity index (χ2n) is 16.8. The summed E-state index contributed by atoms with van der Waals surface area (Å²) in [5, 5.41) is 2.44. The van der Waals surface area contributed by atoms with E-state index in [1.807, 2.05) is 60.7 Å². The van der Waals surface area contributed by atoms with Crippen molar-refractivity contribution in [1.82, 2.24) is 19.5 Å². The molecule has 4 nitrogen and oxygen atoms in total.